The molecule has 0 amide bonds. The van der Waals surface area contributed by atoms with Gasteiger partial charge in [0.15, 0.2) is 5.96 Å². The summed E-state index contributed by atoms with van der Waals surface area (Å²) in [5, 5.41) is 3.14. The third-order valence-electron chi connectivity index (χ3n) is 2.88. The molecular formula is C17H30N4O. The zero-order valence-electron chi connectivity index (χ0n) is 14.5. The van der Waals surface area contributed by atoms with Crippen molar-refractivity contribution in [3.8, 4) is 5.75 Å². The fourth-order valence-electron chi connectivity index (χ4n) is 1.86. The van der Waals surface area contributed by atoms with Gasteiger partial charge in [-0.2, -0.15) is 0 Å². The van der Waals surface area contributed by atoms with Crippen LogP contribution in [0.25, 0.3) is 0 Å². The van der Waals surface area contributed by atoms with Crippen molar-refractivity contribution in [1.82, 2.24) is 10.2 Å². The topological polar surface area (TPSA) is 62.9 Å². The molecule has 0 radical (unpaired) electrons. The first-order valence-electron chi connectivity index (χ1n) is 7.71. The van der Waals surface area contributed by atoms with Crippen LogP contribution in [0.15, 0.2) is 29.3 Å². The summed E-state index contributed by atoms with van der Waals surface area (Å²) in [4.78, 5) is 6.49. The molecule has 0 spiro atoms. The molecule has 5 heteroatoms. The maximum absolute atomic E-state index is 5.85. The van der Waals surface area contributed by atoms with Crippen molar-refractivity contribution in [3.63, 3.8) is 0 Å². The van der Waals surface area contributed by atoms with Gasteiger partial charge in [-0.1, -0.05) is 12.1 Å². The van der Waals surface area contributed by atoms with Crippen LogP contribution < -0.4 is 15.8 Å². The average molecular weight is 306 g/mol. The van der Waals surface area contributed by atoms with Crippen molar-refractivity contribution >= 4 is 5.96 Å². The molecule has 0 atom stereocenters. The molecule has 1 aromatic carbocycles. The molecule has 0 bridgehead atoms. The lowest BCUT2D eigenvalue weighted by atomic mass is 10.1. The Hall–Kier alpha value is -1.75. The van der Waals surface area contributed by atoms with Crippen molar-refractivity contribution in [2.24, 2.45) is 10.7 Å². The van der Waals surface area contributed by atoms with Crippen LogP contribution in [0.2, 0.25) is 0 Å². The summed E-state index contributed by atoms with van der Waals surface area (Å²) >= 11 is 0. The van der Waals surface area contributed by atoms with Crippen molar-refractivity contribution in [2.75, 3.05) is 27.2 Å². The van der Waals surface area contributed by atoms with E-state index in [2.05, 4.69) is 50.1 Å². The number of guanidine groups is 1. The number of benzene rings is 1. The van der Waals surface area contributed by atoms with E-state index in [1.54, 1.807) is 0 Å². The van der Waals surface area contributed by atoms with Crippen molar-refractivity contribution in [2.45, 2.75) is 39.3 Å². The molecule has 0 aliphatic carbocycles. The Morgan fingerprint density at radius 1 is 1.23 bits per heavy atom. The van der Waals surface area contributed by atoms with Gasteiger partial charge >= 0.3 is 0 Å². The van der Waals surface area contributed by atoms with Crippen LogP contribution in [0.5, 0.6) is 5.75 Å². The van der Waals surface area contributed by atoms with E-state index in [1.165, 1.54) is 0 Å². The maximum atomic E-state index is 5.85. The minimum absolute atomic E-state index is 0.0716. The zero-order chi connectivity index (χ0) is 16.6. The second-order valence-electron chi connectivity index (χ2n) is 6.73. The second kappa shape index (κ2) is 8.63. The first kappa shape index (κ1) is 18.3. The molecule has 0 aromatic heterocycles. The number of hydrogen-bond acceptors (Lipinski definition) is 3. The summed E-state index contributed by atoms with van der Waals surface area (Å²) in [6, 6.07) is 8.01. The quantitative estimate of drug-likeness (QED) is 0.461. The monoisotopic (exact) mass is 306 g/mol. The number of aliphatic imine (C=N–C) groups is 1. The molecule has 0 aliphatic heterocycles. The van der Waals surface area contributed by atoms with E-state index in [9.17, 15) is 0 Å². The van der Waals surface area contributed by atoms with E-state index >= 15 is 0 Å². The highest BCUT2D eigenvalue weighted by Crippen LogP contribution is 2.13. The van der Waals surface area contributed by atoms with Gasteiger partial charge in [0.25, 0.3) is 0 Å². The molecule has 0 saturated heterocycles. The van der Waals surface area contributed by atoms with Gasteiger partial charge in [-0.15, -0.1) is 0 Å². The summed E-state index contributed by atoms with van der Waals surface area (Å²) in [6.07, 6.45) is 1.02. The van der Waals surface area contributed by atoms with E-state index in [4.69, 9.17) is 10.5 Å². The second-order valence-corrected chi connectivity index (χ2v) is 6.73. The molecule has 0 aliphatic rings. The lowest BCUT2D eigenvalue weighted by Gasteiger charge is -2.20. The summed E-state index contributed by atoms with van der Waals surface area (Å²) in [6.45, 7) is 8.49. The summed E-state index contributed by atoms with van der Waals surface area (Å²) in [5.41, 5.74) is 6.89. The highest BCUT2D eigenvalue weighted by atomic mass is 16.5. The lowest BCUT2D eigenvalue weighted by Crippen LogP contribution is -2.44. The Morgan fingerprint density at radius 3 is 2.41 bits per heavy atom. The molecule has 0 fully saturated rings. The predicted octanol–water partition coefficient (Wildman–Crippen LogP) is 2.22. The third kappa shape index (κ3) is 8.52. The largest absolute Gasteiger partial charge is 0.494 e. The minimum atomic E-state index is -0.0716. The molecule has 0 heterocycles. The van der Waals surface area contributed by atoms with E-state index in [-0.39, 0.29) is 5.54 Å². The molecule has 0 unspecified atom stereocenters. The van der Waals surface area contributed by atoms with E-state index in [1.807, 2.05) is 24.3 Å². The van der Waals surface area contributed by atoms with E-state index in [0.717, 1.165) is 30.9 Å². The SMILES string of the molecule is CN(C)CCCOc1ccc(CN=C(N)NC(C)(C)C)cc1. The molecule has 1 rings (SSSR count). The summed E-state index contributed by atoms with van der Waals surface area (Å²) in [7, 11) is 4.13. The first-order chi connectivity index (χ1) is 10.3. The molecule has 0 saturated carbocycles. The average Bonchev–Trinajstić information content (AvgIpc) is 2.40. The predicted molar refractivity (Wildman–Crippen MR) is 93.3 cm³/mol. The van der Waals surface area contributed by atoms with Gasteiger partial charge in [0.1, 0.15) is 5.75 Å². The number of rotatable bonds is 7. The van der Waals surface area contributed by atoms with Gasteiger partial charge in [-0.3, -0.25) is 0 Å². The number of hydrogen-bond donors (Lipinski definition) is 2. The lowest BCUT2D eigenvalue weighted by molar-refractivity contribution is 0.281. The van der Waals surface area contributed by atoms with Gasteiger partial charge in [0.2, 0.25) is 0 Å². The van der Waals surface area contributed by atoms with Gasteiger partial charge < -0.3 is 20.7 Å². The van der Waals surface area contributed by atoms with E-state index in [0.29, 0.717) is 12.5 Å². The van der Waals surface area contributed by atoms with Gasteiger partial charge in [0, 0.05) is 12.1 Å². The van der Waals surface area contributed by atoms with Crippen LogP contribution in [0.1, 0.15) is 32.8 Å². The highest BCUT2D eigenvalue weighted by molar-refractivity contribution is 5.78. The van der Waals surface area contributed by atoms with Crippen molar-refractivity contribution in [3.05, 3.63) is 29.8 Å². The van der Waals surface area contributed by atoms with Crippen LogP contribution in [0.3, 0.4) is 0 Å². The fraction of sp³-hybridized carbons (Fsp3) is 0.588. The van der Waals surface area contributed by atoms with E-state index < -0.39 is 0 Å². The zero-order valence-corrected chi connectivity index (χ0v) is 14.5. The smallest absolute Gasteiger partial charge is 0.189 e. The van der Waals surface area contributed by atoms with Gasteiger partial charge in [-0.05, 0) is 59.0 Å². The Bertz CT molecular complexity index is 461. The normalized spacial score (nSPS) is 12.5. The van der Waals surface area contributed by atoms with Crippen LogP contribution in [0, 0.1) is 0 Å². The van der Waals surface area contributed by atoms with Crippen LogP contribution in [-0.4, -0.2) is 43.6 Å². The van der Waals surface area contributed by atoms with Crippen molar-refractivity contribution in [1.29, 1.82) is 0 Å². The Balaban J connectivity index is 2.40. The van der Waals surface area contributed by atoms with Gasteiger partial charge in [0.05, 0.1) is 13.2 Å². The number of ether oxygens (including phenoxy) is 1. The molecule has 124 valence electrons. The molecule has 1 aromatic rings. The number of nitrogens with zero attached hydrogens (tertiary/aromatic N) is 2. The Labute approximate surface area is 134 Å². The Kier molecular flexibility index (Phi) is 7.18. The molecule has 22 heavy (non-hydrogen) atoms. The Morgan fingerprint density at radius 2 is 1.86 bits per heavy atom. The molecule has 5 nitrogen and oxygen atoms in total. The number of nitrogens with one attached hydrogen (secondary N) is 1. The molecular weight excluding hydrogens is 276 g/mol. The summed E-state index contributed by atoms with van der Waals surface area (Å²) in [5.74, 6) is 1.36. The summed E-state index contributed by atoms with van der Waals surface area (Å²) < 4.78 is 5.70. The number of nitrogens with two attached hydrogens (primary N) is 1. The minimum Gasteiger partial charge on any atom is -0.494 e. The van der Waals surface area contributed by atoms with Gasteiger partial charge in [-0.25, -0.2) is 4.99 Å². The first-order valence-corrected chi connectivity index (χ1v) is 7.71. The molecule has 3 N–H and O–H groups in total. The van der Waals surface area contributed by atoms with Crippen LogP contribution >= 0.6 is 0 Å². The third-order valence-corrected chi connectivity index (χ3v) is 2.88. The standard InChI is InChI=1S/C17H30N4O/c1-17(2,3)20-16(18)19-13-14-7-9-15(10-8-14)22-12-6-11-21(4)5/h7-10H,6,11-13H2,1-5H3,(H3,18,19,20). The van der Waals surface area contributed by atoms with Crippen LogP contribution in [0.4, 0.5) is 0 Å². The van der Waals surface area contributed by atoms with Crippen molar-refractivity contribution < 1.29 is 4.74 Å². The van der Waals surface area contributed by atoms with Crippen LogP contribution in [-0.2, 0) is 6.54 Å². The maximum Gasteiger partial charge on any atom is 0.189 e. The fourth-order valence-corrected chi connectivity index (χ4v) is 1.86. The highest BCUT2D eigenvalue weighted by Gasteiger charge is 2.09.